The standard InChI is InChI=1S/C21H23N5O2S/c1-15-11-16(2)13-17(12-15)20-23-24-21(28-20)29-14-19(27)26-9-7-25(8-10-26)18-5-3-4-6-22-18/h3-6,11-13H,7-10,14H2,1-2H3/p+1. The number of aromatic nitrogens is 3. The van der Waals surface area contributed by atoms with Crippen LogP contribution >= 0.6 is 11.8 Å². The van der Waals surface area contributed by atoms with Crippen molar-refractivity contribution in [3.8, 4) is 11.5 Å². The third-order valence-corrected chi connectivity index (χ3v) is 5.66. The van der Waals surface area contributed by atoms with Crippen molar-refractivity contribution in [1.29, 1.82) is 0 Å². The van der Waals surface area contributed by atoms with Gasteiger partial charge in [-0.1, -0.05) is 35.0 Å². The molecule has 0 unspecified atom stereocenters. The van der Waals surface area contributed by atoms with Crippen LogP contribution in [-0.4, -0.2) is 52.9 Å². The highest BCUT2D eigenvalue weighted by atomic mass is 32.2. The Morgan fingerprint density at radius 3 is 2.55 bits per heavy atom. The molecule has 0 radical (unpaired) electrons. The molecule has 29 heavy (non-hydrogen) atoms. The average Bonchev–Trinajstić information content (AvgIpc) is 3.21. The molecule has 1 aromatic carbocycles. The molecule has 1 amide bonds. The summed E-state index contributed by atoms with van der Waals surface area (Å²) in [7, 11) is 0. The second-order valence-corrected chi connectivity index (χ2v) is 8.08. The van der Waals surface area contributed by atoms with Crippen LogP contribution in [0.5, 0.6) is 0 Å². The molecule has 1 saturated heterocycles. The largest absolute Gasteiger partial charge is 0.411 e. The number of amides is 1. The number of H-pyrrole nitrogens is 1. The monoisotopic (exact) mass is 410 g/mol. The molecule has 0 bridgehead atoms. The number of carbonyl (C=O) groups is 1. The van der Waals surface area contributed by atoms with Crippen LogP contribution in [0.25, 0.3) is 11.5 Å². The Kier molecular flexibility index (Phi) is 5.80. The smallest absolute Gasteiger partial charge is 0.277 e. The van der Waals surface area contributed by atoms with Crippen LogP contribution in [0.4, 0.5) is 5.82 Å². The summed E-state index contributed by atoms with van der Waals surface area (Å²) in [5.74, 6) is 1.96. The molecule has 0 saturated carbocycles. The van der Waals surface area contributed by atoms with Crippen molar-refractivity contribution in [3.05, 3.63) is 53.7 Å². The quantitative estimate of drug-likeness (QED) is 0.602. The van der Waals surface area contributed by atoms with E-state index in [-0.39, 0.29) is 5.91 Å². The Morgan fingerprint density at radius 2 is 1.86 bits per heavy atom. The zero-order valence-corrected chi connectivity index (χ0v) is 17.4. The highest BCUT2D eigenvalue weighted by Crippen LogP contribution is 2.25. The number of benzene rings is 1. The summed E-state index contributed by atoms with van der Waals surface area (Å²) in [5.41, 5.74) is 3.20. The van der Waals surface area contributed by atoms with Crippen molar-refractivity contribution in [2.24, 2.45) is 0 Å². The fourth-order valence-corrected chi connectivity index (χ4v) is 4.14. The molecule has 4 rings (SSSR count). The maximum absolute atomic E-state index is 12.6. The van der Waals surface area contributed by atoms with Gasteiger partial charge in [0.15, 0.2) is 0 Å². The number of pyridine rings is 1. The molecular formula is C21H24N5O2S+. The predicted octanol–water partition coefficient (Wildman–Crippen LogP) is 2.61. The summed E-state index contributed by atoms with van der Waals surface area (Å²) < 4.78 is 5.75. The number of piperazine rings is 1. The molecule has 2 aromatic heterocycles. The Balaban J connectivity index is 1.30. The maximum Gasteiger partial charge on any atom is 0.277 e. The van der Waals surface area contributed by atoms with Crippen molar-refractivity contribution >= 4 is 23.5 Å². The van der Waals surface area contributed by atoms with E-state index in [1.807, 2.05) is 49.2 Å². The third-order valence-electron chi connectivity index (χ3n) is 4.86. The highest BCUT2D eigenvalue weighted by molar-refractivity contribution is 7.99. The van der Waals surface area contributed by atoms with E-state index < -0.39 is 0 Å². The van der Waals surface area contributed by atoms with Gasteiger partial charge >= 0.3 is 0 Å². The summed E-state index contributed by atoms with van der Waals surface area (Å²) in [6, 6.07) is 12.2. The molecule has 7 nitrogen and oxygen atoms in total. The second-order valence-electron chi connectivity index (χ2n) is 7.15. The van der Waals surface area contributed by atoms with Gasteiger partial charge in [0.05, 0.1) is 25.0 Å². The van der Waals surface area contributed by atoms with Crippen LogP contribution in [0.3, 0.4) is 0 Å². The van der Waals surface area contributed by atoms with Gasteiger partial charge in [-0.15, -0.1) is 10.2 Å². The molecule has 150 valence electrons. The van der Waals surface area contributed by atoms with E-state index in [4.69, 9.17) is 4.42 Å². The van der Waals surface area contributed by atoms with E-state index in [1.165, 1.54) is 11.8 Å². The number of anilines is 1. The summed E-state index contributed by atoms with van der Waals surface area (Å²) >= 11 is 1.29. The van der Waals surface area contributed by atoms with Crippen LogP contribution in [-0.2, 0) is 4.79 Å². The number of carbonyl (C=O) groups excluding carboxylic acids is 1. The number of hydrogen-bond donors (Lipinski definition) is 0. The van der Waals surface area contributed by atoms with Crippen molar-refractivity contribution < 1.29 is 14.2 Å². The number of nitrogens with one attached hydrogen (secondary N) is 1. The molecule has 0 aliphatic carbocycles. The molecular weight excluding hydrogens is 386 g/mol. The lowest BCUT2D eigenvalue weighted by atomic mass is 10.1. The van der Waals surface area contributed by atoms with Gasteiger partial charge in [-0.2, -0.15) is 0 Å². The van der Waals surface area contributed by atoms with E-state index in [1.54, 1.807) is 0 Å². The Hall–Kier alpha value is -2.87. The van der Waals surface area contributed by atoms with Gasteiger partial charge in [0.25, 0.3) is 11.0 Å². The van der Waals surface area contributed by atoms with Crippen LogP contribution in [0.2, 0.25) is 0 Å². The normalized spacial score (nSPS) is 14.3. The minimum Gasteiger partial charge on any atom is -0.411 e. The van der Waals surface area contributed by atoms with Gasteiger partial charge in [0.1, 0.15) is 13.1 Å². The number of aromatic amines is 1. The van der Waals surface area contributed by atoms with Gasteiger partial charge in [-0.25, -0.2) is 4.98 Å². The van der Waals surface area contributed by atoms with Crippen LogP contribution < -0.4 is 9.88 Å². The summed E-state index contributed by atoms with van der Waals surface area (Å²) in [6.45, 7) is 7.12. The van der Waals surface area contributed by atoms with Crippen LogP contribution in [0.15, 0.2) is 52.2 Å². The van der Waals surface area contributed by atoms with Gasteiger partial charge < -0.3 is 9.32 Å². The minimum atomic E-state index is 0.0952. The first-order valence-electron chi connectivity index (χ1n) is 9.63. The first kappa shape index (κ1) is 19.4. The Morgan fingerprint density at radius 1 is 1.10 bits per heavy atom. The van der Waals surface area contributed by atoms with Gasteiger partial charge in [-0.05, 0) is 32.0 Å². The molecule has 3 aromatic rings. The molecule has 1 aliphatic rings. The molecule has 1 N–H and O–H groups in total. The number of aryl methyl sites for hydroxylation is 2. The Bertz CT molecular complexity index is 963. The van der Waals surface area contributed by atoms with Crippen molar-refractivity contribution in [3.63, 3.8) is 0 Å². The maximum atomic E-state index is 12.6. The van der Waals surface area contributed by atoms with E-state index in [2.05, 4.69) is 32.2 Å². The summed E-state index contributed by atoms with van der Waals surface area (Å²) in [5, 5.41) is 8.64. The van der Waals surface area contributed by atoms with Gasteiger partial charge in [0, 0.05) is 11.6 Å². The van der Waals surface area contributed by atoms with Gasteiger partial charge in [-0.3, -0.25) is 9.69 Å². The van der Waals surface area contributed by atoms with Gasteiger partial charge in [0.2, 0.25) is 11.8 Å². The first-order valence-corrected chi connectivity index (χ1v) is 10.6. The lowest BCUT2D eigenvalue weighted by Crippen LogP contribution is -2.50. The molecule has 0 spiro atoms. The number of rotatable bonds is 5. The minimum absolute atomic E-state index is 0.0952. The lowest BCUT2D eigenvalue weighted by Gasteiger charge is -2.30. The van der Waals surface area contributed by atoms with Crippen molar-refractivity contribution in [1.82, 2.24) is 15.1 Å². The topological polar surface area (TPSA) is 76.6 Å². The van der Waals surface area contributed by atoms with E-state index in [0.717, 1.165) is 35.6 Å². The van der Waals surface area contributed by atoms with Crippen molar-refractivity contribution in [2.75, 3.05) is 36.8 Å². The van der Waals surface area contributed by atoms with E-state index in [9.17, 15) is 4.79 Å². The second kappa shape index (κ2) is 8.65. The Labute approximate surface area is 174 Å². The number of nitrogens with zero attached hydrogens (tertiary/aromatic N) is 4. The fraction of sp³-hybridized carbons (Fsp3) is 0.333. The lowest BCUT2D eigenvalue weighted by molar-refractivity contribution is -0.364. The molecule has 3 heterocycles. The molecule has 1 aliphatic heterocycles. The van der Waals surface area contributed by atoms with Crippen LogP contribution in [0, 0.1) is 13.8 Å². The first-order chi connectivity index (χ1) is 14.1. The summed E-state index contributed by atoms with van der Waals surface area (Å²) in [4.78, 5) is 20.0. The fourth-order valence-electron chi connectivity index (χ4n) is 3.47. The SMILES string of the molecule is Cc1cc(C)cc(-c2nnc(SCC(=O)N3CCN(c4cccc[nH+]4)CC3)o2)c1. The highest BCUT2D eigenvalue weighted by Gasteiger charge is 2.26. The third kappa shape index (κ3) is 4.76. The zero-order valence-electron chi connectivity index (χ0n) is 16.6. The predicted molar refractivity (Wildman–Crippen MR) is 112 cm³/mol. The summed E-state index contributed by atoms with van der Waals surface area (Å²) in [6.07, 6.45) is 1.92. The molecule has 8 heteroatoms. The van der Waals surface area contributed by atoms with Crippen LogP contribution in [0.1, 0.15) is 11.1 Å². The number of thioether (sulfide) groups is 1. The number of hydrogen-bond acceptors (Lipinski definition) is 6. The van der Waals surface area contributed by atoms with E-state index in [0.29, 0.717) is 30.0 Å². The zero-order chi connectivity index (χ0) is 20.2. The average molecular weight is 411 g/mol. The molecule has 0 atom stereocenters. The van der Waals surface area contributed by atoms with E-state index >= 15 is 0 Å². The molecule has 1 fully saturated rings. The van der Waals surface area contributed by atoms with Crippen molar-refractivity contribution in [2.45, 2.75) is 19.1 Å².